The summed E-state index contributed by atoms with van der Waals surface area (Å²) in [5, 5.41) is 9.60. The van der Waals surface area contributed by atoms with E-state index in [1.807, 2.05) is 0 Å². The molecule has 1 N–H and O–H groups in total. The van der Waals surface area contributed by atoms with E-state index >= 15 is 0 Å². The fraction of sp³-hybridized carbons (Fsp3) is 0.900. The maximum absolute atomic E-state index is 11.5. The minimum atomic E-state index is -0.111. The van der Waals surface area contributed by atoms with E-state index in [9.17, 15) is 9.90 Å². The number of aliphatic hydroxyl groups excluding tert-OH is 1. The Kier molecular flexibility index (Phi) is 3.14. The second-order valence-electron chi connectivity index (χ2n) is 4.74. The van der Waals surface area contributed by atoms with Gasteiger partial charge in [-0.3, -0.25) is 9.69 Å². The average Bonchev–Trinajstić information content (AvgIpc) is 2.04. The SMILES string of the molecule is O=C1CN2C3CC(O)CC2CC1C3.[Y]. The zero-order valence-electron chi connectivity index (χ0n) is 8.22. The van der Waals surface area contributed by atoms with Crippen molar-refractivity contribution in [3.05, 3.63) is 0 Å². The Labute approximate surface area is 109 Å². The number of nitrogens with zero attached hydrogens (tertiary/aromatic N) is 1. The van der Waals surface area contributed by atoms with Crippen molar-refractivity contribution < 1.29 is 42.6 Å². The normalized spacial score (nSPS) is 50.1. The minimum absolute atomic E-state index is 0. The van der Waals surface area contributed by atoms with Gasteiger partial charge < -0.3 is 5.11 Å². The Bertz CT molecular complexity index is 243. The molecule has 2 atom stereocenters. The minimum Gasteiger partial charge on any atom is -0.393 e. The summed E-state index contributed by atoms with van der Waals surface area (Å²) in [6, 6.07) is 1.01. The van der Waals surface area contributed by atoms with Gasteiger partial charge in [0.1, 0.15) is 5.78 Å². The van der Waals surface area contributed by atoms with E-state index < -0.39 is 0 Å². The molecule has 75 valence electrons. The average molecular weight is 270 g/mol. The standard InChI is InChI=1S/C10H15NO2.Y/c12-9-3-7-1-6-2-8(4-9)11(7)5-10(6)13;/h6-9,12H,1-5H2;. The van der Waals surface area contributed by atoms with Gasteiger partial charge in [-0.2, -0.15) is 0 Å². The molecule has 4 rings (SSSR count). The summed E-state index contributed by atoms with van der Waals surface area (Å²) in [4.78, 5) is 13.8. The van der Waals surface area contributed by atoms with E-state index in [0.29, 0.717) is 30.3 Å². The summed E-state index contributed by atoms with van der Waals surface area (Å²) in [5.41, 5.74) is 0. The van der Waals surface area contributed by atoms with E-state index in [4.69, 9.17) is 0 Å². The van der Waals surface area contributed by atoms with Crippen molar-refractivity contribution >= 4 is 5.78 Å². The molecule has 0 aliphatic carbocycles. The van der Waals surface area contributed by atoms with Crippen LogP contribution in [0.25, 0.3) is 0 Å². The zero-order chi connectivity index (χ0) is 9.00. The number of rotatable bonds is 0. The van der Waals surface area contributed by atoms with Gasteiger partial charge in [0.15, 0.2) is 0 Å². The number of carbonyl (C=O) groups is 1. The Morgan fingerprint density at radius 1 is 1.14 bits per heavy atom. The Balaban J connectivity index is 0.000000750. The number of piperidine rings is 4. The van der Waals surface area contributed by atoms with Gasteiger partial charge in [0.25, 0.3) is 0 Å². The van der Waals surface area contributed by atoms with Crippen LogP contribution in [0.2, 0.25) is 0 Å². The summed E-state index contributed by atoms with van der Waals surface area (Å²) < 4.78 is 0. The van der Waals surface area contributed by atoms with Crippen molar-refractivity contribution in [2.45, 2.75) is 43.9 Å². The van der Waals surface area contributed by atoms with Gasteiger partial charge in [0.05, 0.1) is 12.6 Å². The molecule has 14 heavy (non-hydrogen) atoms. The van der Waals surface area contributed by atoms with Gasteiger partial charge >= 0.3 is 0 Å². The monoisotopic (exact) mass is 270 g/mol. The number of aliphatic hydroxyl groups is 1. The summed E-state index contributed by atoms with van der Waals surface area (Å²) in [6.07, 6.45) is 3.68. The number of Topliss-reactive ketones (excluding diaryl/α,β-unsaturated/α-hetero) is 1. The van der Waals surface area contributed by atoms with Crippen LogP contribution >= 0.6 is 0 Å². The van der Waals surface area contributed by atoms with Crippen LogP contribution in [-0.2, 0) is 37.5 Å². The Morgan fingerprint density at radius 2 is 1.71 bits per heavy atom. The van der Waals surface area contributed by atoms with Crippen LogP contribution in [0, 0.1) is 5.92 Å². The van der Waals surface area contributed by atoms with Crippen molar-refractivity contribution in [3.63, 3.8) is 0 Å². The van der Waals surface area contributed by atoms with Gasteiger partial charge in [0.2, 0.25) is 0 Å². The molecule has 4 aliphatic heterocycles. The summed E-state index contributed by atoms with van der Waals surface area (Å²) >= 11 is 0. The molecule has 0 aromatic carbocycles. The van der Waals surface area contributed by atoms with Crippen molar-refractivity contribution in [2.24, 2.45) is 5.92 Å². The largest absolute Gasteiger partial charge is 0.393 e. The quantitative estimate of drug-likeness (QED) is 0.682. The molecular formula is C10H15NO2Y. The third-order valence-electron chi connectivity index (χ3n) is 3.93. The van der Waals surface area contributed by atoms with Crippen LogP contribution in [0.5, 0.6) is 0 Å². The van der Waals surface area contributed by atoms with Crippen LogP contribution in [0.4, 0.5) is 0 Å². The number of carbonyl (C=O) groups excluding carboxylic acids is 1. The first-order chi connectivity index (χ1) is 6.24. The van der Waals surface area contributed by atoms with Crippen LogP contribution in [-0.4, -0.2) is 40.5 Å². The molecule has 4 heterocycles. The molecule has 3 nitrogen and oxygen atoms in total. The molecule has 4 heteroatoms. The summed E-state index contributed by atoms with van der Waals surface area (Å²) in [6.45, 7) is 0.659. The molecule has 4 saturated heterocycles. The van der Waals surface area contributed by atoms with E-state index in [-0.39, 0.29) is 38.8 Å². The first-order valence-corrected chi connectivity index (χ1v) is 5.20. The molecule has 0 aromatic heterocycles. The molecule has 4 bridgehead atoms. The number of fused-ring (bicyclic) bond motifs is 1. The zero-order valence-corrected chi connectivity index (χ0v) is 11.1. The van der Waals surface area contributed by atoms with Crippen LogP contribution in [0.1, 0.15) is 25.7 Å². The molecule has 0 saturated carbocycles. The predicted octanol–water partition coefficient (Wildman–Crippen LogP) is 0.170. The molecule has 4 aliphatic rings. The van der Waals surface area contributed by atoms with Gasteiger partial charge in [0, 0.05) is 50.7 Å². The maximum atomic E-state index is 11.5. The second-order valence-corrected chi connectivity index (χ2v) is 4.74. The van der Waals surface area contributed by atoms with Gasteiger partial charge in [-0.25, -0.2) is 0 Å². The first-order valence-electron chi connectivity index (χ1n) is 5.20. The Morgan fingerprint density at radius 3 is 2.21 bits per heavy atom. The fourth-order valence-electron chi connectivity index (χ4n) is 3.34. The van der Waals surface area contributed by atoms with E-state index in [2.05, 4.69) is 4.90 Å². The van der Waals surface area contributed by atoms with Crippen LogP contribution < -0.4 is 0 Å². The van der Waals surface area contributed by atoms with Crippen molar-refractivity contribution in [2.75, 3.05) is 6.54 Å². The molecule has 2 unspecified atom stereocenters. The Hall–Kier alpha value is 0.694. The number of hydrogen-bond acceptors (Lipinski definition) is 3. The molecule has 0 spiro atoms. The third kappa shape index (κ3) is 1.62. The van der Waals surface area contributed by atoms with Crippen molar-refractivity contribution in [1.82, 2.24) is 4.90 Å². The number of hydrogen-bond donors (Lipinski definition) is 1. The number of ketones is 1. The van der Waals surface area contributed by atoms with Gasteiger partial charge in [-0.05, 0) is 25.7 Å². The van der Waals surface area contributed by atoms with Crippen LogP contribution in [0.3, 0.4) is 0 Å². The summed E-state index contributed by atoms with van der Waals surface area (Å²) in [7, 11) is 0. The van der Waals surface area contributed by atoms with Crippen molar-refractivity contribution in [3.8, 4) is 0 Å². The van der Waals surface area contributed by atoms with E-state index in [1.54, 1.807) is 0 Å². The topological polar surface area (TPSA) is 40.5 Å². The smallest absolute Gasteiger partial charge is 0.150 e. The summed E-state index contributed by atoms with van der Waals surface area (Å²) in [5.74, 6) is 0.761. The molecule has 4 fully saturated rings. The molecule has 1 radical (unpaired) electrons. The molecular weight excluding hydrogens is 255 g/mol. The first kappa shape index (κ1) is 11.2. The van der Waals surface area contributed by atoms with Crippen LogP contribution in [0.15, 0.2) is 0 Å². The third-order valence-corrected chi connectivity index (χ3v) is 3.93. The molecule has 0 aromatic rings. The van der Waals surface area contributed by atoms with E-state index in [0.717, 1.165) is 25.7 Å². The predicted molar refractivity (Wildman–Crippen MR) is 47.3 cm³/mol. The van der Waals surface area contributed by atoms with Crippen molar-refractivity contribution in [1.29, 1.82) is 0 Å². The van der Waals surface area contributed by atoms with Gasteiger partial charge in [-0.15, -0.1) is 0 Å². The second kappa shape index (κ2) is 3.93. The fourth-order valence-corrected chi connectivity index (χ4v) is 3.34. The molecule has 0 amide bonds. The maximum Gasteiger partial charge on any atom is 0.150 e. The van der Waals surface area contributed by atoms with Gasteiger partial charge in [-0.1, -0.05) is 0 Å². The van der Waals surface area contributed by atoms with E-state index in [1.165, 1.54) is 0 Å².